The molecule has 0 aliphatic heterocycles. The zero-order chi connectivity index (χ0) is 39.0. The van der Waals surface area contributed by atoms with E-state index in [0.29, 0.717) is 5.70 Å². The van der Waals surface area contributed by atoms with Gasteiger partial charge in [0, 0.05) is 44.1 Å². The van der Waals surface area contributed by atoms with Crippen molar-refractivity contribution < 1.29 is 0 Å². The maximum atomic E-state index is 5.48. The van der Waals surface area contributed by atoms with Crippen molar-refractivity contribution in [2.75, 3.05) is 0 Å². The monoisotopic (exact) mass is 734 g/mol. The van der Waals surface area contributed by atoms with Crippen LogP contribution in [0.1, 0.15) is 42.7 Å². The molecule has 0 unspecified atom stereocenters. The minimum Gasteiger partial charge on any atom is -0.251 e. The van der Waals surface area contributed by atoms with E-state index in [1.165, 1.54) is 32.7 Å². The molecule has 1 aliphatic carbocycles. The molecule has 0 atom stereocenters. The SMILES string of the molecule is C=C/C=C(\C=C/C)C(C)=NC(=C)c1nc(-c2ccc3nc(-c4ccc(-c5nc6c7c(c8ccccc8c6c6ccccc56)CCC=C7)cc4)ccc3c2)ccc1C. The Morgan fingerprint density at radius 3 is 2.19 bits per heavy atom. The second-order valence-electron chi connectivity index (χ2n) is 14.7. The van der Waals surface area contributed by atoms with Gasteiger partial charge in [-0.1, -0.05) is 141 Å². The third-order valence-corrected chi connectivity index (χ3v) is 11.0. The van der Waals surface area contributed by atoms with Gasteiger partial charge in [0.1, 0.15) is 0 Å². The Labute approximate surface area is 333 Å². The fraction of sp³-hybridized carbons (Fsp3) is 0.0943. The lowest BCUT2D eigenvalue weighted by molar-refractivity contribution is 0.999. The molecule has 4 heteroatoms. The van der Waals surface area contributed by atoms with Crippen molar-refractivity contribution in [3.63, 3.8) is 0 Å². The van der Waals surface area contributed by atoms with Gasteiger partial charge >= 0.3 is 0 Å². The van der Waals surface area contributed by atoms with E-state index in [1.54, 1.807) is 6.08 Å². The van der Waals surface area contributed by atoms with Crippen LogP contribution in [0.5, 0.6) is 0 Å². The molecule has 57 heavy (non-hydrogen) atoms. The van der Waals surface area contributed by atoms with Gasteiger partial charge in [-0.05, 0) is 90.7 Å². The average molecular weight is 735 g/mol. The van der Waals surface area contributed by atoms with E-state index in [1.807, 2.05) is 39.0 Å². The maximum absolute atomic E-state index is 5.48. The Hall–Kier alpha value is -7.04. The molecule has 0 radical (unpaired) electrons. The van der Waals surface area contributed by atoms with Crippen LogP contribution in [0.25, 0.3) is 88.9 Å². The molecule has 0 N–H and O–H groups in total. The van der Waals surface area contributed by atoms with Gasteiger partial charge in [0.15, 0.2) is 0 Å². The molecule has 1 aliphatic rings. The summed E-state index contributed by atoms with van der Waals surface area (Å²) in [5.41, 5.74) is 14.9. The number of aliphatic imine (C=N–C) groups is 1. The lowest BCUT2D eigenvalue weighted by Crippen LogP contribution is -2.00. The van der Waals surface area contributed by atoms with Gasteiger partial charge in [0.05, 0.1) is 39.5 Å². The normalized spacial score (nSPS) is 13.2. The van der Waals surface area contributed by atoms with Crippen molar-refractivity contribution in [1.29, 1.82) is 0 Å². The fourth-order valence-electron chi connectivity index (χ4n) is 8.23. The fourth-order valence-corrected chi connectivity index (χ4v) is 8.23. The number of fused-ring (bicyclic) bond motifs is 9. The second-order valence-corrected chi connectivity index (χ2v) is 14.7. The number of aryl methyl sites for hydroxylation is 2. The topological polar surface area (TPSA) is 51.0 Å². The van der Waals surface area contributed by atoms with E-state index in [9.17, 15) is 0 Å². The van der Waals surface area contributed by atoms with Crippen LogP contribution in [0.15, 0.2) is 169 Å². The third kappa shape index (κ3) is 6.49. The number of aromatic nitrogens is 3. The number of rotatable bonds is 8. The molecule has 0 bridgehead atoms. The van der Waals surface area contributed by atoms with Crippen molar-refractivity contribution in [1.82, 2.24) is 15.0 Å². The van der Waals surface area contributed by atoms with Crippen LogP contribution >= 0.6 is 0 Å². The Morgan fingerprint density at radius 2 is 1.42 bits per heavy atom. The van der Waals surface area contributed by atoms with Crippen molar-refractivity contribution in [3.05, 3.63) is 187 Å². The van der Waals surface area contributed by atoms with Crippen LogP contribution < -0.4 is 0 Å². The molecule has 0 saturated heterocycles. The van der Waals surface area contributed by atoms with Gasteiger partial charge < -0.3 is 0 Å². The Morgan fingerprint density at radius 1 is 0.737 bits per heavy atom. The van der Waals surface area contributed by atoms with Crippen molar-refractivity contribution in [3.8, 4) is 33.8 Å². The van der Waals surface area contributed by atoms with Crippen LogP contribution in [0, 0.1) is 6.92 Å². The Kier molecular flexibility index (Phi) is 9.31. The van der Waals surface area contributed by atoms with E-state index in [0.717, 1.165) is 91.0 Å². The van der Waals surface area contributed by atoms with Crippen LogP contribution in [0.2, 0.25) is 0 Å². The lowest BCUT2D eigenvalue weighted by Gasteiger charge is -2.20. The Balaban J connectivity index is 1.04. The summed E-state index contributed by atoms with van der Waals surface area (Å²) in [6.45, 7) is 14.1. The molecule has 0 fully saturated rings. The maximum Gasteiger partial charge on any atom is 0.0916 e. The van der Waals surface area contributed by atoms with E-state index in [4.69, 9.17) is 19.9 Å². The Bertz CT molecular complexity index is 3070. The molecule has 0 saturated carbocycles. The van der Waals surface area contributed by atoms with Gasteiger partial charge in [0.2, 0.25) is 0 Å². The minimum atomic E-state index is 0.624. The first kappa shape index (κ1) is 35.6. The van der Waals surface area contributed by atoms with Crippen molar-refractivity contribution >= 4 is 60.8 Å². The predicted molar refractivity (Wildman–Crippen MR) is 243 cm³/mol. The van der Waals surface area contributed by atoms with Crippen LogP contribution in [0.4, 0.5) is 0 Å². The van der Waals surface area contributed by atoms with Gasteiger partial charge in [-0.3, -0.25) is 4.99 Å². The highest BCUT2D eigenvalue weighted by atomic mass is 14.8. The summed E-state index contributed by atoms with van der Waals surface area (Å²) >= 11 is 0. The summed E-state index contributed by atoms with van der Waals surface area (Å²) in [5, 5.41) is 7.28. The lowest BCUT2D eigenvalue weighted by atomic mass is 9.86. The number of nitrogens with zero attached hydrogens (tertiary/aromatic N) is 4. The zero-order valence-corrected chi connectivity index (χ0v) is 32.6. The summed E-state index contributed by atoms with van der Waals surface area (Å²) in [7, 11) is 0. The molecule has 3 heterocycles. The summed E-state index contributed by atoms with van der Waals surface area (Å²) in [6.07, 6.45) is 14.4. The number of hydrogen-bond acceptors (Lipinski definition) is 4. The standard InChI is InChI=1S/C53H42N4/c1-6-14-36(15-7-2)34(4)54-35(5)51-33(3)22-29-49(56-51)40-28-31-48-39(32-40)27-30-47(55-48)37-23-25-38(26-24-37)52-46-21-13-11-19-44(46)50-43-18-10-8-16-41(43)42-17-9-12-20-45(42)53(50)57-52/h6-8,10-16,18-32H,1,5,9,17H2,2-4H3/b15-7-,36-14+,54-34?. The van der Waals surface area contributed by atoms with Crippen LogP contribution in [-0.2, 0) is 6.42 Å². The predicted octanol–water partition coefficient (Wildman–Crippen LogP) is 13.9. The van der Waals surface area contributed by atoms with Gasteiger partial charge in [-0.15, -0.1) is 0 Å². The summed E-state index contributed by atoms with van der Waals surface area (Å²) < 4.78 is 0. The van der Waals surface area contributed by atoms with E-state index in [2.05, 4.69) is 141 Å². The number of benzene rings is 5. The third-order valence-electron chi connectivity index (χ3n) is 11.0. The van der Waals surface area contributed by atoms with Crippen LogP contribution in [-0.4, -0.2) is 20.7 Å². The summed E-state index contributed by atoms with van der Waals surface area (Å²) in [5.74, 6) is 0. The zero-order valence-electron chi connectivity index (χ0n) is 32.6. The molecular weight excluding hydrogens is 693 g/mol. The first-order valence-electron chi connectivity index (χ1n) is 19.5. The highest BCUT2D eigenvalue weighted by Gasteiger charge is 2.20. The molecule has 5 aromatic carbocycles. The van der Waals surface area contributed by atoms with E-state index in [-0.39, 0.29) is 0 Å². The highest BCUT2D eigenvalue weighted by Crippen LogP contribution is 2.42. The van der Waals surface area contributed by atoms with E-state index >= 15 is 0 Å². The molecule has 9 rings (SSSR count). The van der Waals surface area contributed by atoms with E-state index < -0.39 is 0 Å². The van der Waals surface area contributed by atoms with Gasteiger partial charge in [-0.25, -0.2) is 15.0 Å². The number of hydrogen-bond donors (Lipinski definition) is 0. The minimum absolute atomic E-state index is 0.624. The smallest absolute Gasteiger partial charge is 0.0916 e. The first-order chi connectivity index (χ1) is 27.9. The molecular formula is C53H42N4. The largest absolute Gasteiger partial charge is 0.251 e. The quantitative estimate of drug-likeness (QED) is 0.0887. The number of pyridine rings is 3. The van der Waals surface area contributed by atoms with Crippen LogP contribution in [0.3, 0.4) is 0 Å². The van der Waals surface area contributed by atoms with Crippen molar-refractivity contribution in [2.24, 2.45) is 4.99 Å². The molecule has 0 amide bonds. The second kappa shape index (κ2) is 14.9. The molecule has 0 spiro atoms. The summed E-state index contributed by atoms with van der Waals surface area (Å²) in [4.78, 5) is 20.4. The molecule has 274 valence electrons. The number of allylic oxidation sites excluding steroid dienone is 6. The average Bonchev–Trinajstić information content (AvgIpc) is 3.25. The molecule has 3 aromatic heterocycles. The van der Waals surface area contributed by atoms with Crippen molar-refractivity contribution in [2.45, 2.75) is 33.6 Å². The first-order valence-corrected chi connectivity index (χ1v) is 19.5. The van der Waals surface area contributed by atoms with Gasteiger partial charge in [-0.2, -0.15) is 0 Å². The highest BCUT2D eigenvalue weighted by molar-refractivity contribution is 6.24. The molecule has 4 nitrogen and oxygen atoms in total. The summed E-state index contributed by atoms with van der Waals surface area (Å²) in [6, 6.07) is 40.9. The molecule has 8 aromatic rings. The van der Waals surface area contributed by atoms with Gasteiger partial charge in [0.25, 0.3) is 0 Å².